The molecular formula is C19H23FN4O2. The Kier molecular flexibility index (Phi) is 3.71. The Hall–Kier alpha value is -2.57. The van der Waals surface area contributed by atoms with E-state index in [1.54, 1.807) is 6.20 Å². The van der Waals surface area contributed by atoms with Gasteiger partial charge < -0.3 is 20.1 Å². The summed E-state index contributed by atoms with van der Waals surface area (Å²) in [7, 11) is 3.39. The molecule has 2 heterocycles. The molecule has 0 unspecified atom stereocenters. The van der Waals surface area contributed by atoms with Crippen molar-refractivity contribution in [3.05, 3.63) is 33.9 Å². The minimum Gasteiger partial charge on any atom is -0.359 e. The Balaban J connectivity index is 2.05. The van der Waals surface area contributed by atoms with Crippen LogP contribution in [0.3, 0.4) is 0 Å². The summed E-state index contributed by atoms with van der Waals surface area (Å²) in [5, 5.41) is 6.25. The minimum atomic E-state index is -0.461. The van der Waals surface area contributed by atoms with Crippen molar-refractivity contribution in [3.8, 4) is 0 Å². The van der Waals surface area contributed by atoms with Crippen LogP contribution in [0, 0.1) is 5.82 Å². The van der Waals surface area contributed by atoms with Gasteiger partial charge in [0.2, 0.25) is 5.43 Å². The van der Waals surface area contributed by atoms with E-state index >= 15 is 4.39 Å². The summed E-state index contributed by atoms with van der Waals surface area (Å²) in [6.07, 6.45) is 5.62. The predicted octanol–water partition coefficient (Wildman–Crippen LogP) is 2.65. The van der Waals surface area contributed by atoms with Crippen molar-refractivity contribution in [2.24, 2.45) is 0 Å². The molecule has 0 atom stereocenters. The van der Waals surface area contributed by atoms with Crippen LogP contribution in [0.1, 0.15) is 43.0 Å². The second kappa shape index (κ2) is 5.72. The number of carbonyl (C=O) groups is 1. The summed E-state index contributed by atoms with van der Waals surface area (Å²) in [5.41, 5.74) is 1.13. The Labute approximate surface area is 151 Å². The van der Waals surface area contributed by atoms with Gasteiger partial charge in [-0.15, -0.1) is 0 Å². The molecule has 0 radical (unpaired) electrons. The van der Waals surface area contributed by atoms with Gasteiger partial charge in [0.15, 0.2) is 0 Å². The number of pyridine rings is 1. The minimum absolute atomic E-state index is 0.0307. The fraction of sp³-hybridized carbons (Fsp3) is 0.474. The standard InChI is InChI=1S/C19H23FN4O2/c1-4-24-10-12(18(26)21-2)17(25)11-9-13(20)16-14(15(11)24)22-19(23(16)3)7-5-6-8-19/h9-10,22H,4-8H2,1-3H3,(H,21,26). The van der Waals surface area contributed by atoms with Crippen LogP contribution in [0.15, 0.2) is 17.1 Å². The van der Waals surface area contributed by atoms with Crippen LogP contribution < -0.4 is 21.0 Å². The van der Waals surface area contributed by atoms with Gasteiger partial charge in [-0.2, -0.15) is 0 Å². The summed E-state index contributed by atoms with van der Waals surface area (Å²) < 4.78 is 16.9. The lowest BCUT2D eigenvalue weighted by Crippen LogP contribution is -2.46. The number of nitrogens with one attached hydrogen (secondary N) is 2. The lowest BCUT2D eigenvalue weighted by molar-refractivity contribution is 0.0961. The zero-order valence-electron chi connectivity index (χ0n) is 15.3. The Morgan fingerprint density at radius 1 is 1.38 bits per heavy atom. The largest absolute Gasteiger partial charge is 0.359 e. The molecule has 1 spiro atoms. The van der Waals surface area contributed by atoms with E-state index in [9.17, 15) is 9.59 Å². The molecule has 26 heavy (non-hydrogen) atoms. The maximum Gasteiger partial charge on any atom is 0.256 e. The number of hydrogen-bond acceptors (Lipinski definition) is 4. The number of aryl methyl sites for hydroxylation is 1. The lowest BCUT2D eigenvalue weighted by Gasteiger charge is -2.33. The van der Waals surface area contributed by atoms with Gasteiger partial charge in [-0.25, -0.2) is 4.39 Å². The highest BCUT2D eigenvalue weighted by molar-refractivity contribution is 6.04. The third-order valence-corrected chi connectivity index (χ3v) is 5.87. The molecule has 1 aliphatic carbocycles. The number of carbonyl (C=O) groups excluding carboxylic acids is 1. The van der Waals surface area contributed by atoms with E-state index in [1.165, 1.54) is 13.1 Å². The predicted molar refractivity (Wildman–Crippen MR) is 100 cm³/mol. The summed E-state index contributed by atoms with van der Waals surface area (Å²) in [5.74, 6) is -0.891. The third kappa shape index (κ3) is 2.09. The van der Waals surface area contributed by atoms with Gasteiger partial charge in [0, 0.05) is 26.8 Å². The van der Waals surface area contributed by atoms with Crippen molar-refractivity contribution in [3.63, 3.8) is 0 Å². The number of benzene rings is 1. The topological polar surface area (TPSA) is 66.4 Å². The Morgan fingerprint density at radius 2 is 2.08 bits per heavy atom. The van der Waals surface area contributed by atoms with Gasteiger partial charge in [-0.1, -0.05) is 0 Å². The SMILES string of the molecule is CCn1cc(C(=O)NC)c(=O)c2cc(F)c3c(c21)NC1(CCCC1)N3C. The molecule has 1 aromatic carbocycles. The van der Waals surface area contributed by atoms with Crippen molar-refractivity contribution >= 4 is 28.2 Å². The number of hydrogen-bond donors (Lipinski definition) is 2. The van der Waals surface area contributed by atoms with Crippen molar-refractivity contribution in [2.75, 3.05) is 24.3 Å². The molecule has 4 rings (SSSR count). The van der Waals surface area contributed by atoms with Crippen molar-refractivity contribution in [2.45, 2.75) is 44.8 Å². The van der Waals surface area contributed by atoms with Crippen LogP contribution in [0.5, 0.6) is 0 Å². The molecule has 1 amide bonds. The van der Waals surface area contributed by atoms with Crippen molar-refractivity contribution < 1.29 is 9.18 Å². The highest BCUT2D eigenvalue weighted by atomic mass is 19.1. The lowest BCUT2D eigenvalue weighted by atomic mass is 10.1. The summed E-state index contributed by atoms with van der Waals surface area (Å²) in [6, 6.07) is 1.28. The van der Waals surface area contributed by atoms with Crippen molar-refractivity contribution in [1.82, 2.24) is 9.88 Å². The first kappa shape index (κ1) is 16.9. The first-order chi connectivity index (χ1) is 12.4. The molecule has 0 bridgehead atoms. The molecule has 0 saturated heterocycles. The van der Waals surface area contributed by atoms with Crippen LogP contribution in [0.4, 0.5) is 15.8 Å². The van der Waals surface area contributed by atoms with E-state index in [0.29, 0.717) is 23.4 Å². The molecule has 6 nitrogen and oxygen atoms in total. The average molecular weight is 358 g/mol. The molecular weight excluding hydrogens is 335 g/mol. The van der Waals surface area contributed by atoms with E-state index in [4.69, 9.17) is 0 Å². The number of nitrogens with zero attached hydrogens (tertiary/aromatic N) is 2. The number of rotatable bonds is 2. The molecule has 2 aliphatic rings. The van der Waals surface area contributed by atoms with Crippen molar-refractivity contribution in [1.29, 1.82) is 0 Å². The highest BCUT2D eigenvalue weighted by Gasteiger charge is 2.46. The molecule has 1 aromatic heterocycles. The monoisotopic (exact) mass is 358 g/mol. The second-order valence-corrected chi connectivity index (χ2v) is 7.14. The average Bonchev–Trinajstić information content (AvgIpc) is 3.22. The van der Waals surface area contributed by atoms with Crippen LogP contribution in [-0.4, -0.2) is 30.2 Å². The molecule has 2 aromatic rings. The molecule has 7 heteroatoms. The molecule has 1 aliphatic heterocycles. The van der Waals surface area contributed by atoms with Gasteiger partial charge >= 0.3 is 0 Å². The smallest absolute Gasteiger partial charge is 0.256 e. The molecule has 138 valence electrons. The van der Waals surface area contributed by atoms with Gasteiger partial charge in [0.1, 0.15) is 22.7 Å². The number of amides is 1. The molecule has 1 fully saturated rings. The zero-order valence-corrected chi connectivity index (χ0v) is 15.3. The van der Waals surface area contributed by atoms with Gasteiger partial charge in [0.05, 0.1) is 16.6 Å². The van der Waals surface area contributed by atoms with Crippen LogP contribution in [0.2, 0.25) is 0 Å². The third-order valence-electron chi connectivity index (χ3n) is 5.87. The quantitative estimate of drug-likeness (QED) is 0.866. The maximum absolute atomic E-state index is 15.0. The second-order valence-electron chi connectivity index (χ2n) is 7.14. The van der Waals surface area contributed by atoms with E-state index in [2.05, 4.69) is 10.6 Å². The fourth-order valence-corrected chi connectivity index (χ4v) is 4.47. The van der Waals surface area contributed by atoms with Crippen LogP contribution in [-0.2, 0) is 6.54 Å². The van der Waals surface area contributed by atoms with E-state index in [-0.39, 0.29) is 16.6 Å². The fourth-order valence-electron chi connectivity index (χ4n) is 4.47. The van der Waals surface area contributed by atoms with Gasteiger partial charge in [-0.05, 0) is 38.7 Å². The normalized spacial score (nSPS) is 17.6. The number of fused-ring (bicyclic) bond motifs is 3. The summed E-state index contributed by atoms with van der Waals surface area (Å²) >= 11 is 0. The van der Waals surface area contributed by atoms with E-state index < -0.39 is 17.2 Å². The Bertz CT molecular complexity index is 976. The number of aromatic nitrogens is 1. The maximum atomic E-state index is 15.0. The first-order valence-corrected chi connectivity index (χ1v) is 9.07. The van der Waals surface area contributed by atoms with E-state index in [0.717, 1.165) is 25.7 Å². The van der Waals surface area contributed by atoms with E-state index in [1.807, 2.05) is 23.4 Å². The number of anilines is 2. The van der Waals surface area contributed by atoms with Gasteiger partial charge in [0.25, 0.3) is 5.91 Å². The number of halogens is 1. The van der Waals surface area contributed by atoms with Crippen LogP contribution in [0.25, 0.3) is 10.9 Å². The van der Waals surface area contributed by atoms with Gasteiger partial charge in [-0.3, -0.25) is 9.59 Å². The molecule has 2 N–H and O–H groups in total. The summed E-state index contributed by atoms with van der Waals surface area (Å²) in [4.78, 5) is 26.9. The first-order valence-electron chi connectivity index (χ1n) is 9.07. The van der Waals surface area contributed by atoms with Crippen LogP contribution >= 0.6 is 0 Å². The Morgan fingerprint density at radius 3 is 2.69 bits per heavy atom. The highest BCUT2D eigenvalue weighted by Crippen LogP contribution is 2.50. The molecule has 1 saturated carbocycles. The zero-order chi connectivity index (χ0) is 18.6. The summed E-state index contributed by atoms with van der Waals surface area (Å²) in [6.45, 7) is 2.51.